The van der Waals surface area contributed by atoms with E-state index in [9.17, 15) is 0 Å². The molecule has 0 spiro atoms. The van der Waals surface area contributed by atoms with E-state index >= 15 is 0 Å². The molecule has 128 valence electrons. The van der Waals surface area contributed by atoms with Crippen molar-refractivity contribution in [3.8, 4) is 0 Å². The summed E-state index contributed by atoms with van der Waals surface area (Å²) in [6, 6.07) is 9.84. The van der Waals surface area contributed by atoms with Gasteiger partial charge in [0.15, 0.2) is 0 Å². The number of hydrogen-bond acceptors (Lipinski definition) is 5. The molecule has 0 saturated carbocycles. The lowest BCUT2D eigenvalue weighted by atomic mass is 10.1. The third-order valence-electron chi connectivity index (χ3n) is 3.72. The Morgan fingerprint density at radius 1 is 1.08 bits per heavy atom. The number of nitrogens with one attached hydrogen (secondary N) is 2. The van der Waals surface area contributed by atoms with Gasteiger partial charge in [-0.2, -0.15) is 4.98 Å². The molecule has 0 aliphatic heterocycles. The Kier molecular flexibility index (Phi) is 5.14. The van der Waals surface area contributed by atoms with E-state index in [1.807, 2.05) is 51.2 Å². The second kappa shape index (κ2) is 7.49. The molecule has 1 aromatic carbocycles. The van der Waals surface area contributed by atoms with E-state index in [1.165, 1.54) is 0 Å². The van der Waals surface area contributed by atoms with E-state index in [1.54, 1.807) is 6.20 Å². The highest BCUT2D eigenvalue weighted by Gasteiger charge is 2.09. The van der Waals surface area contributed by atoms with Gasteiger partial charge >= 0.3 is 0 Å². The van der Waals surface area contributed by atoms with Crippen LogP contribution in [0, 0.1) is 20.8 Å². The Bertz CT molecular complexity index is 857. The van der Waals surface area contributed by atoms with Crippen LogP contribution in [0.25, 0.3) is 0 Å². The minimum absolute atomic E-state index is 0.516. The molecular formula is C19H20ClN5. The van der Waals surface area contributed by atoms with Crippen LogP contribution < -0.4 is 10.6 Å². The van der Waals surface area contributed by atoms with Crippen molar-refractivity contribution >= 4 is 29.1 Å². The van der Waals surface area contributed by atoms with Crippen LogP contribution in [0.15, 0.2) is 42.7 Å². The first-order chi connectivity index (χ1) is 12.0. The molecule has 6 heteroatoms. The smallest absolute Gasteiger partial charge is 0.229 e. The van der Waals surface area contributed by atoms with E-state index in [4.69, 9.17) is 11.6 Å². The number of rotatable bonds is 5. The van der Waals surface area contributed by atoms with Crippen molar-refractivity contribution < 1.29 is 0 Å². The monoisotopic (exact) mass is 353 g/mol. The van der Waals surface area contributed by atoms with Crippen LogP contribution in [-0.4, -0.2) is 15.0 Å². The summed E-state index contributed by atoms with van der Waals surface area (Å²) in [6.07, 6.45) is 3.59. The normalized spacial score (nSPS) is 10.6. The van der Waals surface area contributed by atoms with Crippen molar-refractivity contribution in [1.82, 2.24) is 15.0 Å². The summed E-state index contributed by atoms with van der Waals surface area (Å²) < 4.78 is 0. The maximum Gasteiger partial charge on any atom is 0.229 e. The number of anilines is 3. The van der Waals surface area contributed by atoms with Crippen molar-refractivity contribution in [2.45, 2.75) is 27.3 Å². The summed E-state index contributed by atoms with van der Waals surface area (Å²) in [5, 5.41) is 7.20. The highest BCUT2D eigenvalue weighted by Crippen LogP contribution is 2.29. The van der Waals surface area contributed by atoms with Crippen LogP contribution in [0.1, 0.15) is 22.4 Å². The van der Waals surface area contributed by atoms with Crippen molar-refractivity contribution in [3.63, 3.8) is 0 Å². The number of nitrogens with zero attached hydrogens (tertiary/aromatic N) is 3. The van der Waals surface area contributed by atoms with Crippen molar-refractivity contribution in [3.05, 3.63) is 70.1 Å². The number of pyridine rings is 1. The Hall–Kier alpha value is -2.66. The standard InChI is InChI=1S/C19H20ClN5/c1-12-7-13(2)18(16(20)8-12)25-19-23-14(3)9-17(24-19)22-11-15-5-4-6-21-10-15/h4-10H,11H2,1-3H3,(H2,22,23,24,25). The summed E-state index contributed by atoms with van der Waals surface area (Å²) in [5.41, 5.74) is 4.96. The lowest BCUT2D eigenvalue weighted by molar-refractivity contribution is 1.05. The molecule has 0 fully saturated rings. The zero-order valence-corrected chi connectivity index (χ0v) is 15.2. The maximum absolute atomic E-state index is 6.36. The van der Waals surface area contributed by atoms with Crippen molar-refractivity contribution in [2.75, 3.05) is 10.6 Å². The minimum atomic E-state index is 0.516. The van der Waals surface area contributed by atoms with E-state index in [-0.39, 0.29) is 0 Å². The van der Waals surface area contributed by atoms with Crippen LogP contribution in [0.2, 0.25) is 5.02 Å². The second-order valence-corrected chi connectivity index (χ2v) is 6.40. The fourth-order valence-corrected chi connectivity index (χ4v) is 2.96. The molecule has 0 aliphatic rings. The van der Waals surface area contributed by atoms with Gasteiger partial charge in [0.05, 0.1) is 10.7 Å². The molecule has 0 saturated heterocycles. The van der Waals surface area contributed by atoms with Crippen LogP contribution in [-0.2, 0) is 6.54 Å². The number of benzene rings is 1. The third kappa shape index (κ3) is 4.45. The zero-order chi connectivity index (χ0) is 17.8. The predicted octanol–water partition coefficient (Wildman–Crippen LogP) is 4.81. The highest BCUT2D eigenvalue weighted by molar-refractivity contribution is 6.33. The van der Waals surface area contributed by atoms with Gasteiger partial charge in [-0.25, -0.2) is 4.98 Å². The lowest BCUT2D eigenvalue weighted by Gasteiger charge is -2.13. The van der Waals surface area contributed by atoms with Crippen LogP contribution in [0.3, 0.4) is 0 Å². The van der Waals surface area contributed by atoms with Crippen molar-refractivity contribution in [1.29, 1.82) is 0 Å². The molecule has 0 amide bonds. The molecule has 25 heavy (non-hydrogen) atoms. The quantitative estimate of drug-likeness (QED) is 0.689. The fraction of sp³-hybridized carbons (Fsp3) is 0.211. The van der Waals surface area contributed by atoms with Gasteiger partial charge in [-0.05, 0) is 49.6 Å². The summed E-state index contributed by atoms with van der Waals surface area (Å²) >= 11 is 6.36. The van der Waals surface area contributed by atoms with Crippen LogP contribution in [0.5, 0.6) is 0 Å². The van der Waals surface area contributed by atoms with Crippen LogP contribution >= 0.6 is 11.6 Å². The lowest BCUT2D eigenvalue weighted by Crippen LogP contribution is -2.06. The largest absolute Gasteiger partial charge is 0.366 e. The first kappa shape index (κ1) is 17.2. The minimum Gasteiger partial charge on any atom is -0.366 e. The Morgan fingerprint density at radius 2 is 1.92 bits per heavy atom. The van der Waals surface area contributed by atoms with Gasteiger partial charge in [0.2, 0.25) is 5.95 Å². The van der Waals surface area contributed by atoms with E-state index < -0.39 is 0 Å². The Morgan fingerprint density at radius 3 is 2.64 bits per heavy atom. The van der Waals surface area contributed by atoms with E-state index in [2.05, 4.69) is 31.7 Å². The first-order valence-electron chi connectivity index (χ1n) is 8.03. The molecule has 0 aliphatic carbocycles. The second-order valence-electron chi connectivity index (χ2n) is 6.00. The number of aromatic nitrogens is 3. The van der Waals surface area contributed by atoms with Gasteiger partial charge in [0.1, 0.15) is 5.82 Å². The maximum atomic E-state index is 6.36. The Labute approximate surface area is 152 Å². The van der Waals surface area contributed by atoms with Gasteiger partial charge < -0.3 is 10.6 Å². The Balaban J connectivity index is 1.80. The molecule has 3 rings (SSSR count). The first-order valence-corrected chi connectivity index (χ1v) is 8.41. The molecule has 3 aromatic rings. The fourth-order valence-electron chi connectivity index (χ4n) is 2.60. The molecule has 5 nitrogen and oxygen atoms in total. The zero-order valence-electron chi connectivity index (χ0n) is 14.5. The molecule has 2 heterocycles. The summed E-state index contributed by atoms with van der Waals surface area (Å²) in [5.74, 6) is 1.27. The van der Waals surface area contributed by atoms with E-state index in [0.717, 1.165) is 33.9 Å². The SMILES string of the molecule is Cc1cc(C)c(Nc2nc(C)cc(NCc3cccnc3)n2)c(Cl)c1. The molecule has 2 N–H and O–H groups in total. The number of halogens is 1. The molecular weight excluding hydrogens is 334 g/mol. The third-order valence-corrected chi connectivity index (χ3v) is 4.02. The van der Waals surface area contributed by atoms with Gasteiger partial charge in [-0.3, -0.25) is 4.98 Å². The van der Waals surface area contributed by atoms with Gasteiger partial charge in [-0.15, -0.1) is 0 Å². The number of aryl methyl sites for hydroxylation is 3. The summed E-state index contributed by atoms with van der Waals surface area (Å²) in [7, 11) is 0. The summed E-state index contributed by atoms with van der Waals surface area (Å²) in [4.78, 5) is 13.1. The molecule has 2 aromatic heterocycles. The number of hydrogen-bond donors (Lipinski definition) is 2. The van der Waals surface area contributed by atoms with Gasteiger partial charge in [-0.1, -0.05) is 23.7 Å². The highest BCUT2D eigenvalue weighted by atomic mass is 35.5. The summed E-state index contributed by atoms with van der Waals surface area (Å²) in [6.45, 7) is 6.62. The van der Waals surface area contributed by atoms with E-state index in [0.29, 0.717) is 17.5 Å². The average molecular weight is 354 g/mol. The molecule has 0 bridgehead atoms. The molecule has 0 unspecified atom stereocenters. The topological polar surface area (TPSA) is 62.7 Å². The molecule has 0 radical (unpaired) electrons. The predicted molar refractivity (Wildman–Crippen MR) is 103 cm³/mol. The van der Waals surface area contributed by atoms with Crippen LogP contribution in [0.4, 0.5) is 17.5 Å². The van der Waals surface area contributed by atoms with Gasteiger partial charge in [0.25, 0.3) is 0 Å². The van der Waals surface area contributed by atoms with Gasteiger partial charge in [0, 0.05) is 30.7 Å². The van der Waals surface area contributed by atoms with Crippen molar-refractivity contribution in [2.24, 2.45) is 0 Å². The average Bonchev–Trinajstić information content (AvgIpc) is 2.57. The molecule has 0 atom stereocenters.